The minimum atomic E-state index is -1.11. The van der Waals surface area contributed by atoms with Crippen molar-refractivity contribution >= 4 is 34.7 Å². The van der Waals surface area contributed by atoms with Crippen molar-refractivity contribution in [2.45, 2.75) is 6.04 Å². The van der Waals surface area contributed by atoms with Crippen molar-refractivity contribution < 1.29 is 19.6 Å². The van der Waals surface area contributed by atoms with Crippen LogP contribution < -0.4 is 5.32 Å². The number of benzene rings is 2. The number of halogens is 1. The van der Waals surface area contributed by atoms with Gasteiger partial charge in [-0.2, -0.15) is 0 Å². The molecule has 25 heavy (non-hydrogen) atoms. The fourth-order valence-electron chi connectivity index (χ4n) is 2.66. The van der Waals surface area contributed by atoms with Crippen molar-refractivity contribution in [3.8, 4) is 0 Å². The lowest BCUT2D eigenvalue weighted by Crippen LogP contribution is -2.21. The summed E-state index contributed by atoms with van der Waals surface area (Å²) >= 11 is 5.80. The molecule has 1 unspecified atom stereocenters. The van der Waals surface area contributed by atoms with Gasteiger partial charge < -0.3 is 10.4 Å². The first-order chi connectivity index (χ1) is 11.9. The number of hydrogen-bond acceptors (Lipinski definition) is 5. The Hall–Kier alpha value is -3.19. The van der Waals surface area contributed by atoms with Crippen molar-refractivity contribution in [3.63, 3.8) is 0 Å². The molecule has 0 saturated carbocycles. The van der Waals surface area contributed by atoms with Gasteiger partial charge in [0.1, 0.15) is 5.76 Å². The molecule has 126 valence electrons. The van der Waals surface area contributed by atoms with Gasteiger partial charge in [0.05, 0.1) is 22.1 Å². The van der Waals surface area contributed by atoms with E-state index in [4.69, 9.17) is 11.6 Å². The van der Waals surface area contributed by atoms with Crippen molar-refractivity contribution in [3.05, 3.63) is 80.4 Å². The SMILES string of the molecule is O=C1NC(c2ccccc2[N+](=O)[O-])C(=C(O)c2ccc(Cl)cc2)C1=O. The van der Waals surface area contributed by atoms with Gasteiger partial charge in [-0.3, -0.25) is 19.7 Å². The second-order valence-electron chi connectivity index (χ2n) is 5.32. The molecule has 2 aromatic rings. The van der Waals surface area contributed by atoms with Gasteiger partial charge in [0.15, 0.2) is 0 Å². The number of Topliss-reactive ketones (excluding diaryl/α,β-unsaturated/α-hetero) is 1. The molecule has 1 fully saturated rings. The maximum absolute atomic E-state index is 12.2. The highest BCUT2D eigenvalue weighted by atomic mass is 35.5. The third kappa shape index (κ3) is 2.97. The summed E-state index contributed by atoms with van der Waals surface area (Å²) < 4.78 is 0. The topological polar surface area (TPSA) is 110 Å². The fraction of sp³-hybridized carbons (Fsp3) is 0.0588. The van der Waals surface area contributed by atoms with E-state index < -0.39 is 28.4 Å². The number of nitro groups is 1. The molecule has 2 aromatic carbocycles. The Morgan fingerprint density at radius 3 is 2.40 bits per heavy atom. The summed E-state index contributed by atoms with van der Waals surface area (Å²) in [5, 5.41) is 24.6. The standard InChI is InChI=1S/C17H11ClN2O5/c18-10-7-5-9(6-8-10)15(21)13-14(19-17(23)16(13)22)11-3-1-2-4-12(11)20(24)25/h1-8,14,21H,(H,19,23). The average molecular weight is 359 g/mol. The molecule has 1 amide bonds. The first-order valence-corrected chi connectivity index (χ1v) is 7.55. The minimum absolute atomic E-state index is 0.113. The largest absolute Gasteiger partial charge is 0.507 e. The zero-order valence-corrected chi connectivity index (χ0v) is 13.4. The maximum atomic E-state index is 12.2. The van der Waals surface area contributed by atoms with E-state index in [0.29, 0.717) is 5.02 Å². The number of carbonyl (C=O) groups is 2. The number of aliphatic hydroxyl groups is 1. The molecule has 8 heteroatoms. The zero-order chi connectivity index (χ0) is 18.1. The molecule has 2 N–H and O–H groups in total. The van der Waals surface area contributed by atoms with Gasteiger partial charge in [-0.05, 0) is 30.3 Å². The molecule has 0 aliphatic carbocycles. The predicted octanol–water partition coefficient (Wildman–Crippen LogP) is 2.96. The molecule has 3 rings (SSSR count). The van der Waals surface area contributed by atoms with Crippen LogP contribution in [0.3, 0.4) is 0 Å². The van der Waals surface area contributed by atoms with Gasteiger partial charge in [-0.15, -0.1) is 0 Å². The number of nitrogens with one attached hydrogen (secondary N) is 1. The summed E-state index contributed by atoms with van der Waals surface area (Å²) in [6.45, 7) is 0. The fourth-order valence-corrected chi connectivity index (χ4v) is 2.79. The molecular weight excluding hydrogens is 348 g/mol. The maximum Gasteiger partial charge on any atom is 0.293 e. The van der Waals surface area contributed by atoms with E-state index in [2.05, 4.69) is 5.32 Å². The van der Waals surface area contributed by atoms with Crippen LogP contribution in [0.1, 0.15) is 17.2 Å². The number of ketones is 1. The van der Waals surface area contributed by atoms with Gasteiger partial charge in [-0.25, -0.2) is 0 Å². The molecule has 0 spiro atoms. The van der Waals surface area contributed by atoms with Gasteiger partial charge in [0.2, 0.25) is 0 Å². The Labute approximate surface area is 146 Å². The van der Waals surface area contributed by atoms with E-state index in [-0.39, 0.29) is 22.4 Å². The highest BCUT2D eigenvalue weighted by Gasteiger charge is 2.42. The molecular formula is C17H11ClN2O5. The molecule has 0 aromatic heterocycles. The van der Waals surface area contributed by atoms with Crippen LogP contribution in [0.4, 0.5) is 5.69 Å². The summed E-state index contributed by atoms with van der Waals surface area (Å²) in [4.78, 5) is 34.7. The summed E-state index contributed by atoms with van der Waals surface area (Å²) in [6.07, 6.45) is 0. The number of nitro benzene ring substituents is 1. The molecule has 0 bridgehead atoms. The van der Waals surface area contributed by atoms with Crippen molar-refractivity contribution in [1.82, 2.24) is 5.32 Å². The monoisotopic (exact) mass is 358 g/mol. The third-order valence-corrected chi connectivity index (χ3v) is 4.08. The summed E-state index contributed by atoms with van der Waals surface area (Å²) in [6, 6.07) is 10.6. The molecule has 7 nitrogen and oxygen atoms in total. The number of rotatable bonds is 3. The van der Waals surface area contributed by atoms with E-state index >= 15 is 0 Å². The van der Waals surface area contributed by atoms with Crippen molar-refractivity contribution in [2.75, 3.05) is 0 Å². The molecule has 1 atom stereocenters. The van der Waals surface area contributed by atoms with Gasteiger partial charge in [-0.1, -0.05) is 23.7 Å². The minimum Gasteiger partial charge on any atom is -0.507 e. The highest BCUT2D eigenvalue weighted by Crippen LogP contribution is 2.36. The van der Waals surface area contributed by atoms with E-state index in [0.717, 1.165) is 0 Å². The second kappa shape index (κ2) is 6.37. The molecule has 1 aliphatic rings. The lowest BCUT2D eigenvalue weighted by atomic mass is 9.95. The quantitative estimate of drug-likeness (QED) is 0.288. The van der Waals surface area contributed by atoms with Crippen molar-refractivity contribution in [1.29, 1.82) is 0 Å². The highest BCUT2D eigenvalue weighted by molar-refractivity contribution is 6.46. The van der Waals surface area contributed by atoms with Crippen molar-refractivity contribution in [2.24, 2.45) is 0 Å². The van der Waals surface area contributed by atoms with Gasteiger partial charge in [0.25, 0.3) is 17.4 Å². The van der Waals surface area contributed by atoms with Gasteiger partial charge in [0, 0.05) is 16.7 Å². The van der Waals surface area contributed by atoms with Crippen LogP contribution in [0.15, 0.2) is 54.1 Å². The molecule has 1 saturated heterocycles. The van der Waals surface area contributed by atoms with Crippen LogP contribution in [-0.2, 0) is 9.59 Å². The normalized spacial score (nSPS) is 18.8. The Kier molecular flexibility index (Phi) is 4.24. The molecule has 0 radical (unpaired) electrons. The Balaban J connectivity index is 2.18. The number of hydrogen-bond donors (Lipinski definition) is 2. The van der Waals surface area contributed by atoms with E-state index in [1.165, 1.54) is 42.5 Å². The van der Waals surface area contributed by atoms with Crippen LogP contribution >= 0.6 is 11.6 Å². The first-order valence-electron chi connectivity index (χ1n) is 7.17. The second-order valence-corrected chi connectivity index (χ2v) is 5.76. The Morgan fingerprint density at radius 2 is 1.76 bits per heavy atom. The lowest BCUT2D eigenvalue weighted by molar-refractivity contribution is -0.385. The van der Waals surface area contributed by atoms with Gasteiger partial charge >= 0.3 is 0 Å². The number of nitrogens with zero attached hydrogens (tertiary/aromatic N) is 1. The van der Waals surface area contributed by atoms with E-state index in [1.54, 1.807) is 6.07 Å². The smallest absolute Gasteiger partial charge is 0.293 e. The lowest BCUT2D eigenvalue weighted by Gasteiger charge is -2.13. The van der Waals surface area contributed by atoms with Crippen LogP contribution in [0, 0.1) is 10.1 Å². The summed E-state index contributed by atoms with van der Waals surface area (Å²) in [5.41, 5.74) is -0.111. The third-order valence-electron chi connectivity index (χ3n) is 3.83. The zero-order valence-electron chi connectivity index (χ0n) is 12.6. The Bertz CT molecular complexity index is 921. The number of amides is 1. The molecule has 1 heterocycles. The number of para-hydroxylation sites is 1. The van der Waals surface area contributed by atoms with Crippen LogP contribution in [-0.4, -0.2) is 21.7 Å². The number of carbonyl (C=O) groups excluding carboxylic acids is 2. The summed E-state index contributed by atoms with van der Waals surface area (Å²) in [7, 11) is 0. The average Bonchev–Trinajstić information content (AvgIpc) is 2.90. The van der Waals surface area contributed by atoms with Crippen LogP contribution in [0.5, 0.6) is 0 Å². The Morgan fingerprint density at radius 1 is 1.12 bits per heavy atom. The number of aliphatic hydroxyl groups excluding tert-OH is 1. The predicted molar refractivity (Wildman–Crippen MR) is 90.0 cm³/mol. The summed E-state index contributed by atoms with van der Waals surface area (Å²) in [5.74, 6) is -2.29. The van der Waals surface area contributed by atoms with E-state index in [1.807, 2.05) is 0 Å². The molecule has 1 aliphatic heterocycles. The first kappa shape index (κ1) is 16.7. The van der Waals surface area contributed by atoms with Crippen LogP contribution in [0.2, 0.25) is 5.02 Å². The van der Waals surface area contributed by atoms with E-state index in [9.17, 15) is 24.8 Å². The van der Waals surface area contributed by atoms with Crippen LogP contribution in [0.25, 0.3) is 5.76 Å².